The van der Waals surface area contributed by atoms with Gasteiger partial charge < -0.3 is 9.84 Å². The van der Waals surface area contributed by atoms with E-state index in [1.54, 1.807) is 6.08 Å². The molecule has 0 bridgehead atoms. The molecule has 60 valence electrons. The fourth-order valence-corrected chi connectivity index (χ4v) is 0.993. The Balaban J connectivity index is 2.62. The van der Waals surface area contributed by atoms with Crippen LogP contribution in [0, 0.1) is 0 Å². The number of hydrogen-bond acceptors (Lipinski definition) is 3. The normalized spacial score (nSPS) is 22.8. The highest BCUT2D eigenvalue weighted by Crippen LogP contribution is 2.17. The molecule has 1 aliphatic heterocycles. The molecular formula is C8H10O3. The summed E-state index contributed by atoms with van der Waals surface area (Å²) in [5.74, 6) is -0.374. The number of rotatable bonds is 3. The highest BCUT2D eigenvalue weighted by Gasteiger charge is 2.23. The molecule has 1 N–H and O–H groups in total. The van der Waals surface area contributed by atoms with Crippen LogP contribution in [0.5, 0.6) is 0 Å². The Morgan fingerprint density at radius 2 is 2.55 bits per heavy atom. The van der Waals surface area contributed by atoms with Gasteiger partial charge in [0.1, 0.15) is 6.10 Å². The third-order valence-electron chi connectivity index (χ3n) is 1.54. The van der Waals surface area contributed by atoms with Crippen LogP contribution in [-0.4, -0.2) is 23.8 Å². The molecule has 1 atom stereocenters. The standard InChI is InChI=1S/C8H10O3/c1-2-3-7-6(5-9)4-8(10)11-7/h2,4,7,9H,1,3,5H2/t7-/m0/s1. The lowest BCUT2D eigenvalue weighted by Gasteiger charge is -2.08. The summed E-state index contributed by atoms with van der Waals surface area (Å²) in [6.07, 6.45) is 3.27. The third kappa shape index (κ3) is 1.68. The van der Waals surface area contributed by atoms with Gasteiger partial charge in [-0.25, -0.2) is 4.79 Å². The fraction of sp³-hybridized carbons (Fsp3) is 0.375. The molecule has 0 amide bonds. The van der Waals surface area contributed by atoms with Gasteiger partial charge >= 0.3 is 5.97 Å². The molecule has 0 unspecified atom stereocenters. The van der Waals surface area contributed by atoms with Crippen LogP contribution in [0.1, 0.15) is 6.42 Å². The summed E-state index contributed by atoms with van der Waals surface area (Å²) >= 11 is 0. The lowest BCUT2D eigenvalue weighted by Crippen LogP contribution is -2.12. The smallest absolute Gasteiger partial charge is 0.331 e. The van der Waals surface area contributed by atoms with E-state index >= 15 is 0 Å². The first-order valence-electron chi connectivity index (χ1n) is 3.40. The molecule has 3 nitrogen and oxygen atoms in total. The minimum Gasteiger partial charge on any atom is -0.454 e. The Hall–Kier alpha value is -1.09. The maximum absolute atomic E-state index is 10.7. The second kappa shape index (κ2) is 3.34. The van der Waals surface area contributed by atoms with Crippen molar-refractivity contribution in [1.29, 1.82) is 0 Å². The Labute approximate surface area is 65.0 Å². The maximum Gasteiger partial charge on any atom is 0.331 e. The van der Waals surface area contributed by atoms with Crippen molar-refractivity contribution < 1.29 is 14.6 Å². The molecule has 0 aromatic heterocycles. The topological polar surface area (TPSA) is 46.5 Å². The van der Waals surface area contributed by atoms with Gasteiger partial charge in [0.2, 0.25) is 0 Å². The summed E-state index contributed by atoms with van der Waals surface area (Å²) in [6, 6.07) is 0. The van der Waals surface area contributed by atoms with Crippen molar-refractivity contribution in [2.24, 2.45) is 0 Å². The van der Waals surface area contributed by atoms with Crippen molar-refractivity contribution in [2.75, 3.05) is 6.61 Å². The average Bonchev–Trinajstić information content (AvgIpc) is 2.32. The molecule has 0 aromatic carbocycles. The van der Waals surface area contributed by atoms with Gasteiger partial charge in [-0.3, -0.25) is 0 Å². The molecule has 1 rings (SSSR count). The molecule has 0 fully saturated rings. The van der Waals surface area contributed by atoms with Gasteiger partial charge in [-0.2, -0.15) is 0 Å². The quantitative estimate of drug-likeness (QED) is 0.473. The molecule has 0 aromatic rings. The SMILES string of the molecule is C=CC[C@@H]1OC(=O)C=C1CO. The van der Waals surface area contributed by atoms with E-state index in [1.165, 1.54) is 6.08 Å². The lowest BCUT2D eigenvalue weighted by atomic mass is 10.1. The summed E-state index contributed by atoms with van der Waals surface area (Å²) in [4.78, 5) is 10.7. The highest BCUT2D eigenvalue weighted by atomic mass is 16.5. The number of hydrogen-bond donors (Lipinski definition) is 1. The van der Waals surface area contributed by atoms with E-state index in [1.807, 2.05) is 0 Å². The van der Waals surface area contributed by atoms with Gasteiger partial charge in [0, 0.05) is 18.1 Å². The first-order chi connectivity index (χ1) is 5.27. The zero-order chi connectivity index (χ0) is 8.27. The van der Waals surface area contributed by atoms with Gasteiger partial charge in [-0.05, 0) is 0 Å². The van der Waals surface area contributed by atoms with Crippen molar-refractivity contribution in [3.63, 3.8) is 0 Å². The van der Waals surface area contributed by atoms with Crippen molar-refractivity contribution in [3.05, 3.63) is 24.3 Å². The van der Waals surface area contributed by atoms with E-state index in [9.17, 15) is 4.79 Å². The van der Waals surface area contributed by atoms with Gasteiger partial charge in [0.05, 0.1) is 6.61 Å². The first kappa shape index (κ1) is 8.01. The molecule has 0 saturated carbocycles. The third-order valence-corrected chi connectivity index (χ3v) is 1.54. The minimum absolute atomic E-state index is 0.121. The van der Waals surface area contributed by atoms with Gasteiger partial charge in [-0.1, -0.05) is 6.08 Å². The van der Waals surface area contributed by atoms with Crippen molar-refractivity contribution in [2.45, 2.75) is 12.5 Å². The largest absolute Gasteiger partial charge is 0.454 e. The number of esters is 1. The monoisotopic (exact) mass is 154 g/mol. The molecule has 0 spiro atoms. The lowest BCUT2D eigenvalue weighted by molar-refractivity contribution is -0.138. The minimum atomic E-state index is -0.374. The molecule has 11 heavy (non-hydrogen) atoms. The van der Waals surface area contributed by atoms with Gasteiger partial charge in [0.25, 0.3) is 0 Å². The van der Waals surface area contributed by atoms with Gasteiger partial charge in [-0.15, -0.1) is 6.58 Å². The van der Waals surface area contributed by atoms with E-state index < -0.39 is 0 Å². The van der Waals surface area contributed by atoms with Crippen LogP contribution in [-0.2, 0) is 9.53 Å². The number of aliphatic hydroxyl groups excluding tert-OH is 1. The van der Waals surface area contributed by atoms with Crippen LogP contribution in [0.4, 0.5) is 0 Å². The summed E-state index contributed by atoms with van der Waals surface area (Å²) in [5, 5.41) is 8.75. The van der Waals surface area contributed by atoms with Gasteiger partial charge in [0.15, 0.2) is 0 Å². The zero-order valence-corrected chi connectivity index (χ0v) is 6.12. The van der Waals surface area contributed by atoms with Crippen molar-refractivity contribution >= 4 is 5.97 Å². The Morgan fingerprint density at radius 1 is 1.82 bits per heavy atom. The van der Waals surface area contributed by atoms with E-state index in [-0.39, 0.29) is 18.7 Å². The van der Waals surface area contributed by atoms with Crippen LogP contribution >= 0.6 is 0 Å². The summed E-state index contributed by atoms with van der Waals surface area (Å²) in [6.45, 7) is 3.40. The second-order valence-corrected chi connectivity index (χ2v) is 2.33. The number of cyclic esters (lactones) is 1. The Bertz CT molecular complexity index is 205. The van der Waals surface area contributed by atoms with Crippen LogP contribution < -0.4 is 0 Å². The summed E-state index contributed by atoms with van der Waals surface area (Å²) in [7, 11) is 0. The molecule has 0 saturated heterocycles. The molecular weight excluding hydrogens is 144 g/mol. The van der Waals surface area contributed by atoms with E-state index in [0.29, 0.717) is 12.0 Å². The molecule has 0 aliphatic carbocycles. The Morgan fingerprint density at radius 3 is 3.09 bits per heavy atom. The van der Waals surface area contributed by atoms with Crippen molar-refractivity contribution in [3.8, 4) is 0 Å². The fourth-order valence-electron chi connectivity index (χ4n) is 0.993. The van der Waals surface area contributed by atoms with Crippen LogP contribution in [0.3, 0.4) is 0 Å². The summed E-state index contributed by atoms with van der Waals surface area (Å²) in [5.41, 5.74) is 0.634. The molecule has 1 aliphatic rings. The molecule has 1 heterocycles. The Kier molecular flexibility index (Phi) is 2.44. The molecule has 0 radical (unpaired) electrons. The first-order valence-corrected chi connectivity index (χ1v) is 3.40. The number of ether oxygens (including phenoxy) is 1. The van der Waals surface area contributed by atoms with E-state index in [4.69, 9.17) is 9.84 Å². The highest BCUT2D eigenvalue weighted by molar-refractivity contribution is 5.85. The predicted molar refractivity (Wildman–Crippen MR) is 39.9 cm³/mol. The second-order valence-electron chi connectivity index (χ2n) is 2.33. The number of aliphatic hydroxyl groups is 1. The average molecular weight is 154 g/mol. The summed E-state index contributed by atoms with van der Waals surface area (Å²) < 4.78 is 4.84. The van der Waals surface area contributed by atoms with Crippen LogP contribution in [0.25, 0.3) is 0 Å². The van der Waals surface area contributed by atoms with Crippen LogP contribution in [0.15, 0.2) is 24.3 Å². The van der Waals surface area contributed by atoms with Crippen LogP contribution in [0.2, 0.25) is 0 Å². The number of carbonyl (C=O) groups excluding carboxylic acids is 1. The number of carbonyl (C=O) groups is 1. The maximum atomic E-state index is 10.7. The van der Waals surface area contributed by atoms with Crippen molar-refractivity contribution in [1.82, 2.24) is 0 Å². The zero-order valence-electron chi connectivity index (χ0n) is 6.12. The van der Waals surface area contributed by atoms with E-state index in [2.05, 4.69) is 6.58 Å². The predicted octanol–water partition coefficient (Wildman–Crippen LogP) is 0.407. The van der Waals surface area contributed by atoms with E-state index in [0.717, 1.165) is 0 Å². The molecule has 3 heteroatoms.